The van der Waals surface area contributed by atoms with Crippen molar-refractivity contribution in [2.24, 2.45) is 0 Å². The van der Waals surface area contributed by atoms with E-state index in [1.165, 1.54) is 6.92 Å². The Bertz CT molecular complexity index is 153. The van der Waals surface area contributed by atoms with Gasteiger partial charge in [0.2, 0.25) is 0 Å². The molecule has 0 spiro atoms. The zero-order valence-electron chi connectivity index (χ0n) is 8.29. The molecule has 0 saturated carbocycles. The summed E-state index contributed by atoms with van der Waals surface area (Å²) >= 11 is 0. The summed E-state index contributed by atoms with van der Waals surface area (Å²) in [5, 5.41) is 7.76. The van der Waals surface area contributed by atoms with Crippen molar-refractivity contribution in [2.75, 3.05) is 6.61 Å². The van der Waals surface area contributed by atoms with Crippen molar-refractivity contribution in [3.8, 4) is 0 Å². The predicted octanol–water partition coefficient (Wildman–Crippen LogP) is -6.52. The second-order valence-corrected chi connectivity index (χ2v) is 2.28. The van der Waals surface area contributed by atoms with E-state index in [0.29, 0.717) is 0 Å². The van der Waals surface area contributed by atoms with Crippen LogP contribution in [-0.4, -0.2) is 20.2 Å². The molecule has 0 aliphatic rings. The Morgan fingerprint density at radius 1 is 1.60 bits per heavy atom. The van der Waals surface area contributed by atoms with Crippen molar-refractivity contribution in [3.63, 3.8) is 0 Å². The van der Waals surface area contributed by atoms with Crippen LogP contribution in [0.3, 0.4) is 0 Å². The van der Waals surface area contributed by atoms with E-state index < -0.39 is 10.3 Å². The average molecular weight is 189 g/mol. The first-order valence-corrected chi connectivity index (χ1v) is 3.33. The molecule has 0 atom stereocenters. The van der Waals surface area contributed by atoms with Gasteiger partial charge in [-0.1, -0.05) is 4.89 Å². The normalized spacial score (nSPS) is 9.40. The first-order chi connectivity index (χ1) is 3.62. The number of hydrogen-bond donors (Lipinski definition) is 2. The average Bonchev–Trinajstić information content (AvgIpc) is 1.67. The molecule has 0 heterocycles. The molecular weight excluding hydrogens is 180 g/mol. The molecule has 0 aromatic rings. The maximum absolute atomic E-state index is 10.0. The topological polar surface area (TPSA) is 75.6 Å². The van der Waals surface area contributed by atoms with E-state index in [4.69, 9.17) is 5.21 Å². The summed E-state index contributed by atoms with van der Waals surface area (Å²) in [5.74, 6) is 0. The van der Waals surface area contributed by atoms with Crippen LogP contribution in [-0.2, 0) is 14.5 Å². The van der Waals surface area contributed by atoms with Crippen LogP contribution in [0, 0.1) is 0 Å². The molecule has 0 aromatic carbocycles. The van der Waals surface area contributed by atoms with Gasteiger partial charge >= 0.3 is 69.4 Å². The van der Waals surface area contributed by atoms with Crippen molar-refractivity contribution in [3.05, 3.63) is 0 Å². The van der Waals surface area contributed by atoms with Gasteiger partial charge in [-0.15, -0.1) is 0 Å². The summed E-state index contributed by atoms with van der Waals surface area (Å²) < 4.78 is 24.0. The Labute approximate surface area is 107 Å². The SMILES string of the molecule is CCOS(=O)(=O)NO.[H-].[H-].[Na+].[Na+]. The molecule has 0 bridgehead atoms. The third-order valence-electron chi connectivity index (χ3n) is 0.385. The molecule has 8 heteroatoms. The molecule has 2 N–H and O–H groups in total. The molecule has 5 nitrogen and oxygen atoms in total. The van der Waals surface area contributed by atoms with Gasteiger partial charge in [0, 0.05) is 0 Å². The minimum atomic E-state index is -3.86. The minimum Gasteiger partial charge on any atom is -1.00 e. The summed E-state index contributed by atoms with van der Waals surface area (Å²) in [5.41, 5.74) is 0. The molecule has 10 heavy (non-hydrogen) atoms. The molecular formula is C2H9NNa2O4S. The molecule has 0 radical (unpaired) electrons. The van der Waals surface area contributed by atoms with Crippen LogP contribution in [0.25, 0.3) is 0 Å². The van der Waals surface area contributed by atoms with E-state index in [-0.39, 0.29) is 68.6 Å². The Morgan fingerprint density at radius 3 is 2.10 bits per heavy atom. The summed E-state index contributed by atoms with van der Waals surface area (Å²) in [7, 11) is -3.86. The van der Waals surface area contributed by atoms with Crippen molar-refractivity contribution >= 4 is 10.3 Å². The van der Waals surface area contributed by atoms with Crippen LogP contribution in [0.4, 0.5) is 0 Å². The van der Waals surface area contributed by atoms with Crippen LogP contribution in [0.15, 0.2) is 0 Å². The third kappa shape index (κ3) is 9.83. The van der Waals surface area contributed by atoms with Gasteiger partial charge in [0.15, 0.2) is 0 Å². The van der Waals surface area contributed by atoms with E-state index in [9.17, 15) is 8.42 Å². The van der Waals surface area contributed by atoms with Crippen molar-refractivity contribution in [2.45, 2.75) is 6.92 Å². The molecule has 0 unspecified atom stereocenters. The Kier molecular flexibility index (Phi) is 15.9. The van der Waals surface area contributed by atoms with E-state index in [2.05, 4.69) is 4.18 Å². The summed E-state index contributed by atoms with van der Waals surface area (Å²) in [4.78, 5) is 0.992. The van der Waals surface area contributed by atoms with E-state index in [0.717, 1.165) is 4.89 Å². The first kappa shape index (κ1) is 17.8. The third-order valence-corrected chi connectivity index (χ3v) is 1.15. The molecule has 0 amide bonds. The molecule has 0 saturated heterocycles. The van der Waals surface area contributed by atoms with Gasteiger partial charge in [-0.05, 0) is 6.92 Å². The van der Waals surface area contributed by atoms with Gasteiger partial charge in [-0.2, -0.15) is 8.42 Å². The summed E-state index contributed by atoms with van der Waals surface area (Å²) in [6.07, 6.45) is 0. The standard InChI is InChI=1S/C2H7NO4S.2Na.2H/c1-2-7-8(5,6)3-4;;;;/h3-4H,2H2,1H3;;;;/q;2*+1;2*-1. The number of nitrogens with one attached hydrogen (secondary N) is 1. The Morgan fingerprint density at radius 2 is 2.00 bits per heavy atom. The van der Waals surface area contributed by atoms with Gasteiger partial charge in [-0.25, -0.2) is 0 Å². The van der Waals surface area contributed by atoms with E-state index in [1.54, 1.807) is 0 Å². The smallest absolute Gasteiger partial charge is 1.00 e. The van der Waals surface area contributed by atoms with Crippen LogP contribution in [0.2, 0.25) is 0 Å². The maximum atomic E-state index is 10.0. The fraction of sp³-hybridized carbons (Fsp3) is 1.00. The van der Waals surface area contributed by atoms with Gasteiger partial charge in [0.1, 0.15) is 0 Å². The quantitative estimate of drug-likeness (QED) is 0.342. The fourth-order valence-corrected chi connectivity index (χ4v) is 0.545. The van der Waals surface area contributed by atoms with Crippen LogP contribution < -0.4 is 64.0 Å². The predicted molar refractivity (Wildman–Crippen MR) is 27.7 cm³/mol. The summed E-state index contributed by atoms with van der Waals surface area (Å²) in [6.45, 7) is 1.50. The minimum absolute atomic E-state index is 0. The van der Waals surface area contributed by atoms with Crippen LogP contribution in [0.1, 0.15) is 9.78 Å². The molecule has 0 aliphatic heterocycles. The van der Waals surface area contributed by atoms with E-state index in [1.807, 2.05) is 0 Å². The zero-order chi connectivity index (χ0) is 6.62. The molecule has 0 aromatic heterocycles. The Balaban J connectivity index is -0.0000000408. The fourth-order valence-electron chi connectivity index (χ4n) is 0.182. The second-order valence-electron chi connectivity index (χ2n) is 0.952. The zero-order valence-corrected chi connectivity index (χ0v) is 11.1. The molecule has 0 fully saturated rings. The summed E-state index contributed by atoms with van der Waals surface area (Å²) in [6, 6.07) is 0. The largest absolute Gasteiger partial charge is 1.00 e. The van der Waals surface area contributed by atoms with Gasteiger partial charge in [0.25, 0.3) is 0 Å². The van der Waals surface area contributed by atoms with E-state index >= 15 is 0 Å². The van der Waals surface area contributed by atoms with Crippen molar-refractivity contribution < 1.29 is 79.8 Å². The van der Waals surface area contributed by atoms with Gasteiger partial charge < -0.3 is 8.06 Å². The molecule has 0 aliphatic carbocycles. The molecule has 0 rings (SSSR count). The number of rotatable bonds is 3. The van der Waals surface area contributed by atoms with Crippen LogP contribution >= 0.6 is 0 Å². The van der Waals surface area contributed by atoms with Crippen LogP contribution in [0.5, 0.6) is 0 Å². The number of hydrogen-bond acceptors (Lipinski definition) is 4. The first-order valence-electron chi connectivity index (χ1n) is 1.92. The van der Waals surface area contributed by atoms with Gasteiger partial charge in [-0.3, -0.25) is 4.18 Å². The van der Waals surface area contributed by atoms with Gasteiger partial charge in [0.05, 0.1) is 6.61 Å². The monoisotopic (exact) mass is 189 g/mol. The second kappa shape index (κ2) is 8.92. The Hall–Kier alpha value is 1.83. The van der Waals surface area contributed by atoms with Crippen molar-refractivity contribution in [1.82, 2.24) is 4.89 Å². The molecule has 54 valence electrons. The maximum Gasteiger partial charge on any atom is 1.00 e. The van der Waals surface area contributed by atoms with Crippen molar-refractivity contribution in [1.29, 1.82) is 0 Å².